The van der Waals surface area contributed by atoms with Crippen molar-refractivity contribution in [3.8, 4) is 0 Å². The van der Waals surface area contributed by atoms with Crippen LogP contribution in [0, 0.1) is 5.92 Å². The summed E-state index contributed by atoms with van der Waals surface area (Å²) in [6.07, 6.45) is 8.15. The van der Waals surface area contributed by atoms with E-state index in [1.54, 1.807) is 11.3 Å². The summed E-state index contributed by atoms with van der Waals surface area (Å²) in [7, 11) is 0. The number of carbonyl (C=O) groups is 1. The Morgan fingerprint density at radius 3 is 3.00 bits per heavy atom. The van der Waals surface area contributed by atoms with Gasteiger partial charge in [-0.25, -0.2) is 0 Å². The van der Waals surface area contributed by atoms with Crippen molar-refractivity contribution in [2.45, 2.75) is 51.0 Å². The number of nitrogens with two attached hydrogens (primary N) is 1. The number of hydrogen-bond donors (Lipinski definition) is 2. The molecule has 0 spiro atoms. The van der Waals surface area contributed by atoms with Crippen molar-refractivity contribution < 1.29 is 4.79 Å². The lowest BCUT2D eigenvalue weighted by Crippen LogP contribution is -2.40. The first-order valence-electron chi connectivity index (χ1n) is 7.39. The van der Waals surface area contributed by atoms with Gasteiger partial charge >= 0.3 is 0 Å². The first-order chi connectivity index (χ1) is 9.29. The van der Waals surface area contributed by atoms with Crippen LogP contribution in [0.5, 0.6) is 0 Å². The highest BCUT2D eigenvalue weighted by Gasteiger charge is 2.29. The van der Waals surface area contributed by atoms with Crippen LogP contribution in [0.15, 0.2) is 5.38 Å². The molecule has 0 saturated heterocycles. The van der Waals surface area contributed by atoms with Crippen LogP contribution in [0.4, 0.5) is 0 Å². The van der Waals surface area contributed by atoms with E-state index in [1.165, 1.54) is 29.7 Å². The van der Waals surface area contributed by atoms with E-state index in [4.69, 9.17) is 5.73 Å². The molecule has 1 heterocycles. The molecule has 2 aliphatic rings. The summed E-state index contributed by atoms with van der Waals surface area (Å²) in [4.78, 5) is 13.9. The third-order valence-electron chi connectivity index (χ3n) is 4.58. The monoisotopic (exact) mass is 278 g/mol. The number of carbonyl (C=O) groups excluding carboxylic acids is 1. The second kappa shape index (κ2) is 5.63. The highest BCUT2D eigenvalue weighted by Crippen LogP contribution is 2.31. The molecule has 0 radical (unpaired) electrons. The minimum absolute atomic E-state index is 0.129. The normalized spacial score (nSPS) is 26.2. The Hall–Kier alpha value is -0.870. The van der Waals surface area contributed by atoms with Crippen LogP contribution < -0.4 is 11.1 Å². The molecule has 2 atom stereocenters. The summed E-state index contributed by atoms with van der Waals surface area (Å²) in [6, 6.07) is 0.289. The van der Waals surface area contributed by atoms with Gasteiger partial charge in [-0.05, 0) is 56.6 Å². The molecule has 1 aromatic heterocycles. The molecular weight excluding hydrogens is 256 g/mol. The van der Waals surface area contributed by atoms with Crippen molar-refractivity contribution in [2.24, 2.45) is 11.7 Å². The molecular formula is C15H22N2OS. The van der Waals surface area contributed by atoms with Gasteiger partial charge in [0.1, 0.15) is 0 Å². The first-order valence-corrected chi connectivity index (χ1v) is 8.27. The van der Waals surface area contributed by atoms with Gasteiger partial charge < -0.3 is 11.1 Å². The Bertz CT molecular complexity index is 469. The fourth-order valence-electron chi connectivity index (χ4n) is 3.44. The number of rotatable bonds is 3. The highest BCUT2D eigenvalue weighted by molar-refractivity contribution is 7.10. The molecule has 19 heavy (non-hydrogen) atoms. The molecule has 1 saturated carbocycles. The fourth-order valence-corrected chi connectivity index (χ4v) is 4.57. The zero-order valence-corrected chi connectivity index (χ0v) is 12.1. The van der Waals surface area contributed by atoms with Crippen LogP contribution in [0.25, 0.3) is 0 Å². The molecule has 3 N–H and O–H groups in total. The van der Waals surface area contributed by atoms with Gasteiger partial charge in [0.05, 0.1) is 5.56 Å². The van der Waals surface area contributed by atoms with Crippen molar-refractivity contribution in [1.82, 2.24) is 5.32 Å². The number of thiophene rings is 1. The SMILES string of the molecule is NCC1CCCC1NC(=O)c1csc2c1CCCC2. The third-order valence-corrected chi connectivity index (χ3v) is 5.67. The lowest BCUT2D eigenvalue weighted by Gasteiger charge is -2.20. The molecule has 2 unspecified atom stereocenters. The molecule has 4 heteroatoms. The summed E-state index contributed by atoms with van der Waals surface area (Å²) in [6.45, 7) is 0.687. The smallest absolute Gasteiger partial charge is 0.252 e. The number of aryl methyl sites for hydroxylation is 1. The van der Waals surface area contributed by atoms with Crippen LogP contribution in [0.2, 0.25) is 0 Å². The molecule has 104 valence electrons. The quantitative estimate of drug-likeness (QED) is 0.892. The van der Waals surface area contributed by atoms with Gasteiger partial charge in [0.25, 0.3) is 5.91 Å². The Morgan fingerprint density at radius 2 is 2.16 bits per heavy atom. The lowest BCUT2D eigenvalue weighted by atomic mass is 9.95. The fraction of sp³-hybridized carbons (Fsp3) is 0.667. The first kappa shape index (κ1) is 13.1. The van der Waals surface area contributed by atoms with Gasteiger partial charge in [-0.2, -0.15) is 0 Å². The van der Waals surface area contributed by atoms with Gasteiger partial charge in [0, 0.05) is 16.3 Å². The van der Waals surface area contributed by atoms with E-state index in [0.29, 0.717) is 12.5 Å². The van der Waals surface area contributed by atoms with Gasteiger partial charge in [0.2, 0.25) is 0 Å². The van der Waals surface area contributed by atoms with Crippen molar-refractivity contribution in [3.63, 3.8) is 0 Å². The average molecular weight is 278 g/mol. The number of hydrogen-bond acceptors (Lipinski definition) is 3. The Kier molecular flexibility index (Phi) is 3.89. The van der Waals surface area contributed by atoms with E-state index in [0.717, 1.165) is 31.2 Å². The average Bonchev–Trinajstić information content (AvgIpc) is 3.04. The summed E-state index contributed by atoms with van der Waals surface area (Å²) >= 11 is 1.76. The van der Waals surface area contributed by atoms with Crippen LogP contribution in [-0.2, 0) is 12.8 Å². The van der Waals surface area contributed by atoms with E-state index < -0.39 is 0 Å². The number of amides is 1. The molecule has 1 fully saturated rings. The van der Waals surface area contributed by atoms with Crippen LogP contribution in [-0.4, -0.2) is 18.5 Å². The van der Waals surface area contributed by atoms with Crippen molar-refractivity contribution >= 4 is 17.2 Å². The molecule has 2 aliphatic carbocycles. The largest absolute Gasteiger partial charge is 0.349 e. The Labute approximate surface area is 118 Å². The topological polar surface area (TPSA) is 55.1 Å². The van der Waals surface area contributed by atoms with Crippen LogP contribution >= 0.6 is 11.3 Å². The van der Waals surface area contributed by atoms with E-state index in [-0.39, 0.29) is 11.9 Å². The van der Waals surface area contributed by atoms with Crippen LogP contribution in [0.1, 0.15) is 52.9 Å². The zero-order chi connectivity index (χ0) is 13.2. The molecule has 0 aliphatic heterocycles. The Balaban J connectivity index is 1.72. The van der Waals surface area contributed by atoms with Gasteiger partial charge in [-0.3, -0.25) is 4.79 Å². The molecule has 1 amide bonds. The Morgan fingerprint density at radius 1 is 1.32 bits per heavy atom. The van der Waals surface area contributed by atoms with E-state index in [2.05, 4.69) is 10.7 Å². The zero-order valence-electron chi connectivity index (χ0n) is 11.3. The molecule has 0 aromatic carbocycles. The van der Waals surface area contributed by atoms with Gasteiger partial charge in [-0.1, -0.05) is 6.42 Å². The second-order valence-corrected chi connectivity index (χ2v) is 6.73. The van der Waals surface area contributed by atoms with Gasteiger partial charge in [0.15, 0.2) is 0 Å². The summed E-state index contributed by atoms with van der Waals surface area (Å²) in [5, 5.41) is 5.27. The lowest BCUT2D eigenvalue weighted by molar-refractivity contribution is 0.0928. The standard InChI is InChI=1S/C15H22N2OS/c16-8-10-4-3-6-13(10)17-15(18)12-9-19-14-7-2-1-5-11(12)14/h9-10,13H,1-8,16H2,(H,17,18). The second-order valence-electron chi connectivity index (χ2n) is 5.76. The number of nitrogens with one attached hydrogen (secondary N) is 1. The summed E-state index contributed by atoms with van der Waals surface area (Å²) in [5.74, 6) is 0.600. The minimum atomic E-state index is 0.129. The minimum Gasteiger partial charge on any atom is -0.349 e. The molecule has 1 aromatic rings. The highest BCUT2D eigenvalue weighted by atomic mass is 32.1. The molecule has 3 nitrogen and oxygen atoms in total. The predicted octanol–water partition coefficient (Wildman–Crippen LogP) is 2.48. The maximum atomic E-state index is 12.4. The van der Waals surface area contributed by atoms with Crippen molar-refractivity contribution in [2.75, 3.05) is 6.54 Å². The van der Waals surface area contributed by atoms with Crippen LogP contribution in [0.3, 0.4) is 0 Å². The maximum Gasteiger partial charge on any atom is 0.252 e. The van der Waals surface area contributed by atoms with E-state index in [9.17, 15) is 4.79 Å². The van der Waals surface area contributed by atoms with E-state index >= 15 is 0 Å². The summed E-state index contributed by atoms with van der Waals surface area (Å²) < 4.78 is 0. The van der Waals surface area contributed by atoms with Crippen molar-refractivity contribution in [1.29, 1.82) is 0 Å². The summed E-state index contributed by atoms with van der Waals surface area (Å²) in [5.41, 5.74) is 8.03. The molecule has 0 bridgehead atoms. The predicted molar refractivity (Wildman–Crippen MR) is 78.6 cm³/mol. The van der Waals surface area contributed by atoms with E-state index in [1.807, 2.05) is 0 Å². The number of fused-ring (bicyclic) bond motifs is 1. The van der Waals surface area contributed by atoms with Crippen molar-refractivity contribution in [3.05, 3.63) is 21.4 Å². The third kappa shape index (κ3) is 2.56. The maximum absolute atomic E-state index is 12.4. The van der Waals surface area contributed by atoms with Gasteiger partial charge in [-0.15, -0.1) is 11.3 Å². The molecule has 3 rings (SSSR count).